The lowest BCUT2D eigenvalue weighted by Crippen LogP contribution is -2.16. The molecule has 1 N–H and O–H groups in total. The highest BCUT2D eigenvalue weighted by Gasteiger charge is 2.12. The van der Waals surface area contributed by atoms with E-state index in [1.54, 1.807) is 24.3 Å². The Labute approximate surface area is 139 Å². The quantitative estimate of drug-likeness (QED) is 0.841. The minimum absolute atomic E-state index is 0.193. The number of amides is 1. The molecule has 0 unspecified atom stereocenters. The van der Waals surface area contributed by atoms with Gasteiger partial charge in [-0.1, -0.05) is 23.7 Å². The van der Waals surface area contributed by atoms with Crippen molar-refractivity contribution in [1.82, 2.24) is 9.97 Å². The molecular weight excluding hydrogens is 318 g/mol. The Morgan fingerprint density at radius 2 is 1.87 bits per heavy atom. The van der Waals surface area contributed by atoms with Crippen molar-refractivity contribution in [2.45, 2.75) is 20.3 Å². The Hall–Kier alpha value is -2.34. The van der Waals surface area contributed by atoms with Crippen molar-refractivity contribution in [3.8, 4) is 11.9 Å². The van der Waals surface area contributed by atoms with Gasteiger partial charge >= 0.3 is 6.01 Å². The van der Waals surface area contributed by atoms with E-state index < -0.39 is 0 Å². The van der Waals surface area contributed by atoms with Crippen LogP contribution in [0.4, 0.5) is 5.69 Å². The molecule has 1 aromatic heterocycles. The molecule has 0 aliphatic rings. The third kappa shape index (κ3) is 5.10. The first kappa shape index (κ1) is 17.0. The highest BCUT2D eigenvalue weighted by atomic mass is 35.5. The van der Waals surface area contributed by atoms with Gasteiger partial charge in [-0.05, 0) is 31.5 Å². The van der Waals surface area contributed by atoms with Gasteiger partial charge in [-0.25, -0.2) is 4.98 Å². The Morgan fingerprint density at radius 1 is 1.17 bits per heavy atom. The van der Waals surface area contributed by atoms with Crippen molar-refractivity contribution in [2.75, 3.05) is 18.5 Å². The molecule has 0 saturated heterocycles. The summed E-state index contributed by atoms with van der Waals surface area (Å²) < 4.78 is 10.7. The predicted octanol–water partition coefficient (Wildman–Crippen LogP) is 3.11. The van der Waals surface area contributed by atoms with Crippen LogP contribution >= 0.6 is 11.6 Å². The Morgan fingerprint density at radius 3 is 2.52 bits per heavy atom. The van der Waals surface area contributed by atoms with Gasteiger partial charge in [0, 0.05) is 5.02 Å². The van der Waals surface area contributed by atoms with Gasteiger partial charge in [-0.15, -0.1) is 0 Å². The lowest BCUT2D eigenvalue weighted by Gasteiger charge is -2.11. The highest BCUT2D eigenvalue weighted by molar-refractivity contribution is 6.30. The van der Waals surface area contributed by atoms with Crippen molar-refractivity contribution in [3.05, 3.63) is 41.0 Å². The maximum absolute atomic E-state index is 12.1. The minimum Gasteiger partial charge on any atom is -0.476 e. The van der Waals surface area contributed by atoms with Crippen LogP contribution in [0.25, 0.3) is 0 Å². The summed E-state index contributed by atoms with van der Waals surface area (Å²) in [5, 5.41) is 3.38. The second-order valence-electron chi connectivity index (χ2n) is 4.59. The number of ether oxygens (including phenoxy) is 2. The molecule has 0 bridgehead atoms. The van der Waals surface area contributed by atoms with E-state index in [0.29, 0.717) is 23.9 Å². The molecule has 122 valence electrons. The fourth-order valence-corrected chi connectivity index (χ4v) is 1.99. The van der Waals surface area contributed by atoms with Crippen LogP contribution < -0.4 is 14.8 Å². The second-order valence-corrected chi connectivity index (χ2v) is 5.03. The van der Waals surface area contributed by atoms with Crippen molar-refractivity contribution >= 4 is 23.2 Å². The molecule has 0 radical (unpaired) electrons. The largest absolute Gasteiger partial charge is 0.476 e. The van der Waals surface area contributed by atoms with Crippen LogP contribution in [0.5, 0.6) is 11.9 Å². The van der Waals surface area contributed by atoms with Gasteiger partial charge in [-0.2, -0.15) is 4.98 Å². The number of carbonyl (C=O) groups is 1. The second kappa shape index (κ2) is 8.33. The monoisotopic (exact) mass is 335 g/mol. The van der Waals surface area contributed by atoms with Crippen molar-refractivity contribution in [1.29, 1.82) is 0 Å². The Balaban J connectivity index is 2.08. The molecule has 0 aliphatic carbocycles. The van der Waals surface area contributed by atoms with E-state index in [0.717, 1.165) is 5.56 Å². The van der Waals surface area contributed by atoms with E-state index in [-0.39, 0.29) is 24.2 Å². The van der Waals surface area contributed by atoms with Crippen LogP contribution in [0.15, 0.2) is 30.5 Å². The molecule has 0 fully saturated rings. The Kier molecular flexibility index (Phi) is 6.17. The zero-order valence-corrected chi connectivity index (χ0v) is 13.8. The number of halogens is 1. The predicted molar refractivity (Wildman–Crippen MR) is 88.2 cm³/mol. The van der Waals surface area contributed by atoms with Crippen LogP contribution in [-0.2, 0) is 11.2 Å². The molecular formula is C16H18ClN3O3. The van der Waals surface area contributed by atoms with Crippen molar-refractivity contribution in [2.24, 2.45) is 0 Å². The van der Waals surface area contributed by atoms with Crippen LogP contribution in [0.1, 0.15) is 19.4 Å². The number of rotatable bonds is 7. The number of hydrogen-bond donors (Lipinski definition) is 1. The average molecular weight is 336 g/mol. The van der Waals surface area contributed by atoms with E-state index in [2.05, 4.69) is 15.3 Å². The lowest BCUT2D eigenvalue weighted by atomic mass is 10.1. The normalized spacial score (nSPS) is 10.2. The van der Waals surface area contributed by atoms with Crippen molar-refractivity contribution < 1.29 is 14.3 Å². The molecule has 0 saturated carbocycles. The van der Waals surface area contributed by atoms with Gasteiger partial charge in [0.05, 0.1) is 25.8 Å². The first-order valence-corrected chi connectivity index (χ1v) is 7.67. The number of aromatic nitrogens is 2. The van der Waals surface area contributed by atoms with Crippen LogP contribution in [0, 0.1) is 0 Å². The summed E-state index contributed by atoms with van der Waals surface area (Å²) in [4.78, 5) is 20.3. The number of nitrogens with zero attached hydrogens (tertiary/aromatic N) is 2. The van der Waals surface area contributed by atoms with Crippen molar-refractivity contribution in [3.63, 3.8) is 0 Å². The standard InChI is InChI=1S/C16H18ClN3O3/c1-3-22-15-13(10-18-16(20-15)23-4-2)19-14(21)9-11-5-7-12(17)8-6-11/h5-8,10H,3-4,9H2,1-2H3,(H,19,21). The van der Waals surface area contributed by atoms with Gasteiger partial charge in [0.2, 0.25) is 11.8 Å². The third-order valence-corrected chi connectivity index (χ3v) is 3.09. The van der Waals surface area contributed by atoms with Gasteiger partial charge < -0.3 is 14.8 Å². The highest BCUT2D eigenvalue weighted by Crippen LogP contribution is 2.23. The van der Waals surface area contributed by atoms with Gasteiger partial charge in [-0.3, -0.25) is 4.79 Å². The van der Waals surface area contributed by atoms with Crippen LogP contribution in [-0.4, -0.2) is 29.1 Å². The average Bonchev–Trinajstić information content (AvgIpc) is 2.53. The number of hydrogen-bond acceptors (Lipinski definition) is 5. The molecule has 0 aliphatic heterocycles. The van der Waals surface area contributed by atoms with E-state index in [4.69, 9.17) is 21.1 Å². The summed E-state index contributed by atoms with van der Waals surface area (Å²) in [5.41, 5.74) is 1.27. The zero-order valence-electron chi connectivity index (χ0n) is 13.0. The number of nitrogens with one attached hydrogen (secondary N) is 1. The van der Waals surface area contributed by atoms with Crippen LogP contribution in [0.3, 0.4) is 0 Å². The first-order chi connectivity index (χ1) is 11.1. The van der Waals surface area contributed by atoms with E-state index >= 15 is 0 Å². The first-order valence-electron chi connectivity index (χ1n) is 7.29. The summed E-state index contributed by atoms with van der Waals surface area (Å²) in [7, 11) is 0. The fraction of sp³-hybridized carbons (Fsp3) is 0.312. The van der Waals surface area contributed by atoms with E-state index in [1.165, 1.54) is 6.20 Å². The number of benzene rings is 1. The number of carbonyl (C=O) groups excluding carboxylic acids is 1. The SMILES string of the molecule is CCOc1ncc(NC(=O)Cc2ccc(Cl)cc2)c(OCC)n1. The smallest absolute Gasteiger partial charge is 0.319 e. The van der Waals surface area contributed by atoms with E-state index in [9.17, 15) is 4.79 Å². The summed E-state index contributed by atoms with van der Waals surface area (Å²) in [6, 6.07) is 7.32. The molecule has 0 spiro atoms. The molecule has 23 heavy (non-hydrogen) atoms. The maximum Gasteiger partial charge on any atom is 0.319 e. The topological polar surface area (TPSA) is 73.3 Å². The lowest BCUT2D eigenvalue weighted by molar-refractivity contribution is -0.115. The Bertz CT molecular complexity index is 662. The maximum atomic E-state index is 12.1. The van der Waals surface area contributed by atoms with Gasteiger partial charge in [0.25, 0.3) is 0 Å². The molecule has 0 atom stereocenters. The molecule has 2 rings (SSSR count). The number of anilines is 1. The van der Waals surface area contributed by atoms with E-state index in [1.807, 2.05) is 13.8 Å². The van der Waals surface area contributed by atoms with Gasteiger partial charge in [0.15, 0.2) is 0 Å². The molecule has 6 nitrogen and oxygen atoms in total. The fourth-order valence-electron chi connectivity index (χ4n) is 1.86. The summed E-state index contributed by atoms with van der Waals surface area (Å²) >= 11 is 5.83. The summed E-state index contributed by atoms with van der Waals surface area (Å²) in [6.45, 7) is 4.55. The van der Waals surface area contributed by atoms with Crippen LogP contribution in [0.2, 0.25) is 5.02 Å². The molecule has 1 heterocycles. The third-order valence-electron chi connectivity index (χ3n) is 2.84. The molecule has 1 aromatic carbocycles. The minimum atomic E-state index is -0.193. The van der Waals surface area contributed by atoms with Gasteiger partial charge in [0.1, 0.15) is 5.69 Å². The summed E-state index contributed by atoms with van der Waals surface area (Å²) in [5.74, 6) is 0.0939. The molecule has 2 aromatic rings. The summed E-state index contributed by atoms with van der Waals surface area (Å²) in [6.07, 6.45) is 1.69. The molecule has 1 amide bonds. The molecule has 7 heteroatoms. The zero-order chi connectivity index (χ0) is 16.7.